The van der Waals surface area contributed by atoms with Gasteiger partial charge in [-0.05, 0) is 12.8 Å². The molecule has 0 amide bonds. The van der Waals surface area contributed by atoms with Crippen LogP contribution in [0, 0.1) is 0 Å². The molecule has 1 rings (SSSR count). The molecule has 1 atom stereocenters. The van der Waals surface area contributed by atoms with Gasteiger partial charge in [0.2, 0.25) is 0 Å². The molecular formula is C7H13BrO2. The fourth-order valence-corrected chi connectivity index (χ4v) is 1.24. The quantitative estimate of drug-likeness (QED) is 0.657. The van der Waals surface area contributed by atoms with Gasteiger partial charge in [-0.25, -0.2) is 0 Å². The molecule has 1 heterocycles. The summed E-state index contributed by atoms with van der Waals surface area (Å²) in [6.07, 6.45) is 2.66. The molecule has 0 aromatic heterocycles. The minimum atomic E-state index is 0.353. The summed E-state index contributed by atoms with van der Waals surface area (Å²) >= 11 is 3.31. The first-order valence-corrected chi connectivity index (χ1v) is 4.81. The van der Waals surface area contributed by atoms with Crippen molar-refractivity contribution in [3.05, 3.63) is 0 Å². The van der Waals surface area contributed by atoms with Gasteiger partial charge in [0.25, 0.3) is 0 Å². The lowest BCUT2D eigenvalue weighted by Gasteiger charge is -2.21. The van der Waals surface area contributed by atoms with Crippen LogP contribution in [0.3, 0.4) is 0 Å². The van der Waals surface area contributed by atoms with Crippen LogP contribution < -0.4 is 0 Å². The molecule has 0 aromatic rings. The van der Waals surface area contributed by atoms with Crippen molar-refractivity contribution in [3.63, 3.8) is 0 Å². The number of ether oxygens (including phenoxy) is 2. The van der Waals surface area contributed by atoms with Crippen molar-refractivity contribution in [1.29, 1.82) is 0 Å². The molecule has 0 saturated carbocycles. The number of rotatable bonds is 3. The third-order valence-electron chi connectivity index (χ3n) is 1.55. The largest absolute Gasteiger partial charge is 0.379 e. The Kier molecular flexibility index (Phi) is 4.34. The predicted molar refractivity (Wildman–Crippen MR) is 43.6 cm³/mol. The molecule has 0 bridgehead atoms. The Morgan fingerprint density at radius 1 is 1.60 bits per heavy atom. The van der Waals surface area contributed by atoms with Gasteiger partial charge in [0.05, 0.1) is 19.3 Å². The molecule has 0 radical (unpaired) electrons. The monoisotopic (exact) mass is 208 g/mol. The average Bonchev–Trinajstić information content (AvgIpc) is 2.03. The second-order valence-electron chi connectivity index (χ2n) is 2.40. The third-order valence-corrected chi connectivity index (χ3v) is 1.87. The SMILES string of the molecule is BrCCOC1CCCOC1. The number of alkyl halides is 1. The third kappa shape index (κ3) is 2.99. The number of hydrogen-bond donors (Lipinski definition) is 0. The predicted octanol–water partition coefficient (Wildman–Crippen LogP) is 1.58. The second-order valence-corrected chi connectivity index (χ2v) is 3.19. The summed E-state index contributed by atoms with van der Waals surface area (Å²) in [6, 6.07) is 0. The molecule has 10 heavy (non-hydrogen) atoms. The van der Waals surface area contributed by atoms with E-state index in [2.05, 4.69) is 15.9 Å². The van der Waals surface area contributed by atoms with Crippen molar-refractivity contribution in [3.8, 4) is 0 Å². The maximum absolute atomic E-state index is 5.46. The summed E-state index contributed by atoms with van der Waals surface area (Å²) < 4.78 is 10.7. The molecule has 0 spiro atoms. The molecule has 1 saturated heterocycles. The molecule has 0 aliphatic carbocycles. The van der Waals surface area contributed by atoms with E-state index in [4.69, 9.17) is 9.47 Å². The summed E-state index contributed by atoms with van der Waals surface area (Å²) in [6.45, 7) is 2.50. The van der Waals surface area contributed by atoms with Crippen molar-refractivity contribution in [2.24, 2.45) is 0 Å². The maximum Gasteiger partial charge on any atom is 0.0809 e. The minimum Gasteiger partial charge on any atom is -0.379 e. The lowest BCUT2D eigenvalue weighted by atomic mass is 10.2. The van der Waals surface area contributed by atoms with Crippen LogP contribution >= 0.6 is 15.9 Å². The van der Waals surface area contributed by atoms with E-state index in [1.807, 2.05) is 0 Å². The van der Waals surface area contributed by atoms with E-state index in [9.17, 15) is 0 Å². The van der Waals surface area contributed by atoms with Gasteiger partial charge in [0, 0.05) is 11.9 Å². The smallest absolute Gasteiger partial charge is 0.0809 e. The Bertz CT molecular complexity index is 81.7. The Labute approximate surface area is 70.0 Å². The molecule has 3 heteroatoms. The van der Waals surface area contributed by atoms with Gasteiger partial charge in [0.15, 0.2) is 0 Å². The van der Waals surface area contributed by atoms with Gasteiger partial charge in [-0.15, -0.1) is 0 Å². The zero-order valence-corrected chi connectivity index (χ0v) is 7.60. The summed E-state index contributed by atoms with van der Waals surface area (Å²) in [5.41, 5.74) is 0. The molecular weight excluding hydrogens is 196 g/mol. The van der Waals surface area contributed by atoms with Crippen molar-refractivity contribution in [1.82, 2.24) is 0 Å². The van der Waals surface area contributed by atoms with E-state index in [1.54, 1.807) is 0 Å². The Morgan fingerprint density at radius 2 is 2.50 bits per heavy atom. The molecule has 1 aliphatic rings. The fraction of sp³-hybridized carbons (Fsp3) is 1.00. The van der Waals surface area contributed by atoms with Gasteiger partial charge in [-0.1, -0.05) is 15.9 Å². The van der Waals surface area contributed by atoms with Gasteiger partial charge < -0.3 is 9.47 Å². The lowest BCUT2D eigenvalue weighted by Crippen LogP contribution is -2.25. The maximum atomic E-state index is 5.46. The Morgan fingerprint density at radius 3 is 3.10 bits per heavy atom. The summed E-state index contributed by atoms with van der Waals surface area (Å²) in [5.74, 6) is 0. The average molecular weight is 209 g/mol. The van der Waals surface area contributed by atoms with E-state index >= 15 is 0 Å². The first-order chi connectivity index (χ1) is 4.93. The zero-order valence-electron chi connectivity index (χ0n) is 6.01. The second kappa shape index (κ2) is 5.10. The van der Waals surface area contributed by atoms with Crippen LogP contribution in [-0.2, 0) is 9.47 Å². The van der Waals surface area contributed by atoms with Crippen LogP contribution in [0.15, 0.2) is 0 Å². The Balaban J connectivity index is 2.02. The molecule has 1 fully saturated rings. The Hall–Kier alpha value is 0.400. The molecule has 0 N–H and O–H groups in total. The minimum absolute atomic E-state index is 0.353. The van der Waals surface area contributed by atoms with Crippen LogP contribution in [-0.4, -0.2) is 31.3 Å². The van der Waals surface area contributed by atoms with E-state index in [0.29, 0.717) is 6.10 Å². The topological polar surface area (TPSA) is 18.5 Å². The van der Waals surface area contributed by atoms with Crippen molar-refractivity contribution >= 4 is 15.9 Å². The van der Waals surface area contributed by atoms with Crippen LogP contribution in [0.2, 0.25) is 0 Å². The first-order valence-electron chi connectivity index (χ1n) is 3.69. The first kappa shape index (κ1) is 8.50. The fourth-order valence-electron chi connectivity index (χ4n) is 1.05. The van der Waals surface area contributed by atoms with Crippen LogP contribution in [0.5, 0.6) is 0 Å². The molecule has 1 aliphatic heterocycles. The van der Waals surface area contributed by atoms with Crippen LogP contribution in [0.1, 0.15) is 12.8 Å². The normalized spacial score (nSPS) is 26.7. The summed E-state index contributed by atoms with van der Waals surface area (Å²) in [7, 11) is 0. The highest BCUT2D eigenvalue weighted by molar-refractivity contribution is 9.09. The van der Waals surface area contributed by atoms with Gasteiger partial charge in [-0.3, -0.25) is 0 Å². The highest BCUT2D eigenvalue weighted by Crippen LogP contribution is 2.09. The zero-order chi connectivity index (χ0) is 7.23. The summed E-state index contributed by atoms with van der Waals surface area (Å²) in [4.78, 5) is 0. The van der Waals surface area contributed by atoms with Gasteiger partial charge in [0.1, 0.15) is 0 Å². The van der Waals surface area contributed by atoms with E-state index in [-0.39, 0.29) is 0 Å². The molecule has 2 nitrogen and oxygen atoms in total. The highest BCUT2D eigenvalue weighted by atomic mass is 79.9. The number of halogens is 1. The van der Waals surface area contributed by atoms with E-state index in [0.717, 1.165) is 38.0 Å². The van der Waals surface area contributed by atoms with E-state index < -0.39 is 0 Å². The van der Waals surface area contributed by atoms with E-state index in [1.165, 1.54) is 0 Å². The van der Waals surface area contributed by atoms with Crippen molar-refractivity contribution in [2.75, 3.05) is 25.2 Å². The molecule has 60 valence electrons. The van der Waals surface area contributed by atoms with Crippen LogP contribution in [0.25, 0.3) is 0 Å². The lowest BCUT2D eigenvalue weighted by molar-refractivity contribution is -0.0447. The highest BCUT2D eigenvalue weighted by Gasteiger charge is 2.12. The molecule has 1 unspecified atom stereocenters. The van der Waals surface area contributed by atoms with Crippen molar-refractivity contribution < 1.29 is 9.47 Å². The van der Waals surface area contributed by atoms with Crippen LogP contribution in [0.4, 0.5) is 0 Å². The van der Waals surface area contributed by atoms with Crippen molar-refractivity contribution in [2.45, 2.75) is 18.9 Å². The standard InChI is InChI=1S/C7H13BrO2/c8-3-5-10-7-2-1-4-9-6-7/h7H,1-6H2. The summed E-state index contributed by atoms with van der Waals surface area (Å²) in [5, 5.41) is 0.920. The number of hydrogen-bond acceptors (Lipinski definition) is 2. The molecule has 0 aromatic carbocycles. The van der Waals surface area contributed by atoms with Gasteiger partial charge in [-0.2, -0.15) is 0 Å². The van der Waals surface area contributed by atoms with Gasteiger partial charge >= 0.3 is 0 Å².